The van der Waals surface area contributed by atoms with Gasteiger partial charge in [-0.15, -0.1) is 0 Å². The maximum absolute atomic E-state index is 12.2. The van der Waals surface area contributed by atoms with Gasteiger partial charge in [0, 0.05) is 19.1 Å². The number of piperidine rings is 1. The second-order valence-corrected chi connectivity index (χ2v) is 5.51. The van der Waals surface area contributed by atoms with Gasteiger partial charge in [0.15, 0.2) is 0 Å². The van der Waals surface area contributed by atoms with Gasteiger partial charge in [0.1, 0.15) is 5.75 Å². The third kappa shape index (κ3) is 4.23. The molecule has 4 heteroatoms. The number of ether oxygens (including phenoxy) is 1. The van der Waals surface area contributed by atoms with Crippen LogP contribution >= 0.6 is 0 Å². The lowest BCUT2D eigenvalue weighted by Gasteiger charge is -2.34. The lowest BCUT2D eigenvalue weighted by molar-refractivity contribution is -0.133. The van der Waals surface area contributed by atoms with Gasteiger partial charge in [0.25, 0.3) is 0 Å². The van der Waals surface area contributed by atoms with Gasteiger partial charge < -0.3 is 15.4 Å². The average Bonchev–Trinajstić information content (AvgIpc) is 2.48. The van der Waals surface area contributed by atoms with E-state index in [0.717, 1.165) is 31.7 Å². The summed E-state index contributed by atoms with van der Waals surface area (Å²) in [6.45, 7) is 4.11. The summed E-state index contributed by atoms with van der Waals surface area (Å²) in [5, 5.41) is 0. The van der Waals surface area contributed by atoms with Gasteiger partial charge in [0.2, 0.25) is 5.91 Å². The SMILES string of the molecule is CC(N)C1CCCN(C(=O)CCOc2ccccc2)C1. The predicted octanol–water partition coefficient (Wildman–Crippen LogP) is 2.04. The van der Waals surface area contributed by atoms with Crippen LogP contribution in [0.15, 0.2) is 30.3 Å². The van der Waals surface area contributed by atoms with Crippen LogP contribution in [0.4, 0.5) is 0 Å². The second kappa shape index (κ2) is 7.29. The van der Waals surface area contributed by atoms with Crippen molar-refractivity contribution in [3.63, 3.8) is 0 Å². The van der Waals surface area contributed by atoms with Crippen LogP contribution in [0.1, 0.15) is 26.2 Å². The first-order valence-corrected chi connectivity index (χ1v) is 7.38. The van der Waals surface area contributed by atoms with E-state index in [9.17, 15) is 4.79 Å². The van der Waals surface area contributed by atoms with Crippen molar-refractivity contribution in [3.05, 3.63) is 30.3 Å². The van der Waals surface area contributed by atoms with E-state index in [1.54, 1.807) is 0 Å². The number of benzene rings is 1. The molecule has 0 radical (unpaired) electrons. The summed E-state index contributed by atoms with van der Waals surface area (Å²) in [6.07, 6.45) is 2.61. The predicted molar refractivity (Wildman–Crippen MR) is 79.5 cm³/mol. The Morgan fingerprint density at radius 1 is 1.45 bits per heavy atom. The smallest absolute Gasteiger partial charge is 0.226 e. The topological polar surface area (TPSA) is 55.6 Å². The van der Waals surface area contributed by atoms with Gasteiger partial charge in [-0.05, 0) is 37.8 Å². The van der Waals surface area contributed by atoms with E-state index in [4.69, 9.17) is 10.5 Å². The fourth-order valence-electron chi connectivity index (χ4n) is 2.60. The standard InChI is InChI=1S/C16H24N2O2/c1-13(17)14-6-5-10-18(12-14)16(19)9-11-20-15-7-3-2-4-8-15/h2-4,7-8,13-14H,5-6,9-12,17H2,1H3. The van der Waals surface area contributed by atoms with Crippen LogP contribution in [0, 0.1) is 5.92 Å². The van der Waals surface area contributed by atoms with Crippen LogP contribution in [0.5, 0.6) is 5.75 Å². The first-order chi connectivity index (χ1) is 9.66. The molecule has 1 aromatic rings. The Labute approximate surface area is 120 Å². The maximum Gasteiger partial charge on any atom is 0.226 e. The lowest BCUT2D eigenvalue weighted by atomic mass is 9.92. The van der Waals surface area contributed by atoms with Crippen molar-refractivity contribution in [1.29, 1.82) is 0 Å². The van der Waals surface area contributed by atoms with E-state index >= 15 is 0 Å². The van der Waals surface area contributed by atoms with Gasteiger partial charge in [-0.25, -0.2) is 0 Å². The fourth-order valence-corrected chi connectivity index (χ4v) is 2.60. The van der Waals surface area contributed by atoms with Crippen molar-refractivity contribution < 1.29 is 9.53 Å². The number of nitrogens with two attached hydrogens (primary N) is 1. The minimum absolute atomic E-state index is 0.158. The molecule has 1 aliphatic rings. The number of hydrogen-bond donors (Lipinski definition) is 1. The summed E-state index contributed by atoms with van der Waals surface area (Å²) in [4.78, 5) is 14.1. The number of carbonyl (C=O) groups excluding carboxylic acids is 1. The largest absolute Gasteiger partial charge is 0.493 e. The Morgan fingerprint density at radius 3 is 2.90 bits per heavy atom. The van der Waals surface area contributed by atoms with E-state index in [1.165, 1.54) is 0 Å². The molecule has 0 saturated carbocycles. The Balaban J connectivity index is 1.74. The number of hydrogen-bond acceptors (Lipinski definition) is 3. The molecule has 1 fully saturated rings. The molecular formula is C16H24N2O2. The van der Waals surface area contributed by atoms with Crippen molar-refractivity contribution in [2.45, 2.75) is 32.2 Å². The second-order valence-electron chi connectivity index (χ2n) is 5.51. The van der Waals surface area contributed by atoms with E-state index in [2.05, 4.69) is 0 Å². The highest BCUT2D eigenvalue weighted by atomic mass is 16.5. The van der Waals surface area contributed by atoms with Gasteiger partial charge in [0.05, 0.1) is 13.0 Å². The molecule has 0 bridgehead atoms. The number of rotatable bonds is 5. The number of likely N-dealkylation sites (tertiary alicyclic amines) is 1. The molecule has 110 valence electrons. The third-order valence-corrected chi connectivity index (χ3v) is 3.88. The lowest BCUT2D eigenvalue weighted by Crippen LogP contribution is -2.45. The Hall–Kier alpha value is -1.55. The molecule has 4 nitrogen and oxygen atoms in total. The van der Waals surface area contributed by atoms with Gasteiger partial charge in [-0.2, -0.15) is 0 Å². The van der Waals surface area contributed by atoms with Crippen molar-refractivity contribution in [3.8, 4) is 5.75 Å². The molecule has 2 rings (SSSR count). The summed E-state index contributed by atoms with van der Waals surface area (Å²) < 4.78 is 5.57. The molecule has 1 heterocycles. The van der Waals surface area contributed by atoms with Crippen LogP contribution in [-0.2, 0) is 4.79 Å². The number of carbonyl (C=O) groups is 1. The summed E-state index contributed by atoms with van der Waals surface area (Å²) >= 11 is 0. The minimum atomic E-state index is 0.158. The third-order valence-electron chi connectivity index (χ3n) is 3.88. The summed E-state index contributed by atoms with van der Waals surface area (Å²) in [5.74, 6) is 1.42. The van der Waals surface area contributed by atoms with Gasteiger partial charge in [-0.3, -0.25) is 4.79 Å². The summed E-state index contributed by atoms with van der Waals surface area (Å²) in [6, 6.07) is 9.75. The monoisotopic (exact) mass is 276 g/mol. The summed E-state index contributed by atoms with van der Waals surface area (Å²) in [5.41, 5.74) is 5.94. The molecule has 0 aromatic heterocycles. The zero-order valence-corrected chi connectivity index (χ0v) is 12.1. The molecule has 0 aliphatic carbocycles. The first-order valence-electron chi connectivity index (χ1n) is 7.38. The molecule has 20 heavy (non-hydrogen) atoms. The zero-order chi connectivity index (χ0) is 14.4. The quantitative estimate of drug-likeness (QED) is 0.895. The molecule has 1 saturated heterocycles. The summed E-state index contributed by atoms with van der Waals surface area (Å²) in [7, 11) is 0. The van der Waals surface area contributed by atoms with Crippen molar-refractivity contribution in [1.82, 2.24) is 4.90 Å². The van der Waals surface area contributed by atoms with Gasteiger partial charge in [-0.1, -0.05) is 18.2 Å². The Morgan fingerprint density at radius 2 is 2.20 bits per heavy atom. The highest BCUT2D eigenvalue weighted by Crippen LogP contribution is 2.19. The first kappa shape index (κ1) is 14.9. The molecule has 2 unspecified atom stereocenters. The molecule has 1 aromatic carbocycles. The highest BCUT2D eigenvalue weighted by molar-refractivity contribution is 5.76. The van der Waals surface area contributed by atoms with Crippen LogP contribution in [-0.4, -0.2) is 36.5 Å². The molecule has 1 amide bonds. The number of para-hydroxylation sites is 1. The minimum Gasteiger partial charge on any atom is -0.493 e. The van der Waals surface area contributed by atoms with E-state index in [-0.39, 0.29) is 11.9 Å². The zero-order valence-electron chi connectivity index (χ0n) is 12.1. The van der Waals surface area contributed by atoms with Crippen LogP contribution in [0.25, 0.3) is 0 Å². The number of nitrogens with zero attached hydrogens (tertiary/aromatic N) is 1. The number of amides is 1. The van der Waals surface area contributed by atoms with Crippen LogP contribution in [0.2, 0.25) is 0 Å². The highest BCUT2D eigenvalue weighted by Gasteiger charge is 2.25. The van der Waals surface area contributed by atoms with Crippen LogP contribution in [0.3, 0.4) is 0 Å². The van der Waals surface area contributed by atoms with Gasteiger partial charge >= 0.3 is 0 Å². The Kier molecular flexibility index (Phi) is 5.41. The Bertz CT molecular complexity index is 420. The van der Waals surface area contributed by atoms with Crippen LogP contribution < -0.4 is 10.5 Å². The molecule has 2 atom stereocenters. The van der Waals surface area contributed by atoms with Crippen molar-refractivity contribution in [2.24, 2.45) is 11.7 Å². The fraction of sp³-hybridized carbons (Fsp3) is 0.562. The molecule has 2 N–H and O–H groups in total. The van der Waals surface area contributed by atoms with E-state index in [1.807, 2.05) is 42.2 Å². The molecule has 0 spiro atoms. The normalized spacial score (nSPS) is 20.5. The maximum atomic E-state index is 12.2. The molecular weight excluding hydrogens is 252 g/mol. The van der Waals surface area contributed by atoms with E-state index < -0.39 is 0 Å². The van der Waals surface area contributed by atoms with Crippen molar-refractivity contribution in [2.75, 3.05) is 19.7 Å². The van der Waals surface area contributed by atoms with E-state index in [0.29, 0.717) is 18.9 Å². The average molecular weight is 276 g/mol. The molecule has 1 aliphatic heterocycles. The van der Waals surface area contributed by atoms with Crippen molar-refractivity contribution >= 4 is 5.91 Å².